The molecule has 9 heteroatoms. The second kappa shape index (κ2) is 10.2. The van der Waals surface area contributed by atoms with Gasteiger partial charge in [-0.2, -0.15) is 5.10 Å². The second-order valence-corrected chi connectivity index (χ2v) is 9.41. The van der Waals surface area contributed by atoms with Crippen LogP contribution in [0, 0.1) is 24.0 Å². The molecule has 37 heavy (non-hydrogen) atoms. The molecule has 8 nitrogen and oxygen atoms in total. The van der Waals surface area contributed by atoms with Crippen molar-refractivity contribution in [1.29, 1.82) is 0 Å². The Balaban J connectivity index is 1.63. The zero-order chi connectivity index (χ0) is 25.9. The van der Waals surface area contributed by atoms with E-state index in [4.69, 9.17) is 10.1 Å². The predicted molar refractivity (Wildman–Crippen MR) is 147 cm³/mol. The van der Waals surface area contributed by atoms with Crippen LogP contribution in [0.3, 0.4) is 0 Å². The number of benzene rings is 3. The maximum atomic E-state index is 11.1. The highest BCUT2D eigenvalue weighted by Crippen LogP contribution is 2.26. The van der Waals surface area contributed by atoms with Crippen LogP contribution in [-0.4, -0.2) is 24.9 Å². The summed E-state index contributed by atoms with van der Waals surface area (Å²) >= 11 is 1.48. The van der Waals surface area contributed by atoms with Gasteiger partial charge < -0.3 is 4.57 Å². The average molecular weight is 509 g/mol. The fourth-order valence-corrected chi connectivity index (χ4v) is 4.83. The van der Waals surface area contributed by atoms with Gasteiger partial charge in [0, 0.05) is 41.2 Å². The van der Waals surface area contributed by atoms with Crippen molar-refractivity contribution in [1.82, 2.24) is 14.2 Å². The molecule has 0 amide bonds. The van der Waals surface area contributed by atoms with E-state index in [1.54, 1.807) is 24.7 Å². The van der Waals surface area contributed by atoms with Crippen molar-refractivity contribution in [3.63, 3.8) is 0 Å². The standard InChI is InChI=1S/C28H24N6O2S/c1-19-5-4-6-20(2)27(19)30-28-33(26(17-37-28)23-9-13-25(14-10-23)34(35)36)31-21(3)22-7-11-24(12-8-22)32-16-15-29-18-32/h4-18H,1-3H3. The van der Waals surface area contributed by atoms with Gasteiger partial charge in [-0.25, -0.2) is 14.7 Å². The minimum atomic E-state index is -0.400. The minimum absolute atomic E-state index is 0.0450. The molecule has 0 radical (unpaired) electrons. The monoisotopic (exact) mass is 508 g/mol. The smallest absolute Gasteiger partial charge is 0.269 e. The van der Waals surface area contributed by atoms with Crippen LogP contribution in [0.2, 0.25) is 0 Å². The van der Waals surface area contributed by atoms with Gasteiger partial charge in [-0.15, -0.1) is 11.3 Å². The Morgan fingerprint density at radius 2 is 1.70 bits per heavy atom. The number of nitrogens with zero attached hydrogens (tertiary/aromatic N) is 6. The maximum absolute atomic E-state index is 11.1. The summed E-state index contributed by atoms with van der Waals surface area (Å²) in [5, 5.41) is 18.1. The lowest BCUT2D eigenvalue weighted by Gasteiger charge is -2.08. The summed E-state index contributed by atoms with van der Waals surface area (Å²) in [5.41, 5.74) is 7.51. The maximum Gasteiger partial charge on any atom is 0.269 e. The van der Waals surface area contributed by atoms with Gasteiger partial charge in [0.2, 0.25) is 4.80 Å². The first kappa shape index (κ1) is 24.1. The molecule has 5 aromatic rings. The van der Waals surface area contributed by atoms with E-state index in [2.05, 4.69) is 4.98 Å². The lowest BCUT2D eigenvalue weighted by molar-refractivity contribution is -0.384. The van der Waals surface area contributed by atoms with Gasteiger partial charge in [-0.1, -0.05) is 30.3 Å². The Bertz CT molecular complexity index is 1640. The molecule has 0 N–H and O–H groups in total. The van der Waals surface area contributed by atoms with Crippen LogP contribution >= 0.6 is 11.3 Å². The number of thiazole rings is 1. The van der Waals surface area contributed by atoms with E-state index < -0.39 is 4.92 Å². The number of rotatable bonds is 6. The molecule has 0 bridgehead atoms. The summed E-state index contributed by atoms with van der Waals surface area (Å²) < 4.78 is 3.76. The SMILES string of the molecule is CC(=Nn1c(-c2ccc([N+](=O)[O-])cc2)csc1=Nc1c(C)cccc1C)c1ccc(-n2ccnc2)cc1. The first-order chi connectivity index (χ1) is 17.9. The van der Waals surface area contributed by atoms with Gasteiger partial charge in [-0.3, -0.25) is 10.1 Å². The molecule has 2 aromatic heterocycles. The van der Waals surface area contributed by atoms with Crippen molar-refractivity contribution in [2.24, 2.45) is 10.1 Å². The Morgan fingerprint density at radius 3 is 2.32 bits per heavy atom. The zero-order valence-electron chi connectivity index (χ0n) is 20.6. The normalized spacial score (nSPS) is 12.2. The van der Waals surface area contributed by atoms with Gasteiger partial charge in [-0.05, 0) is 61.7 Å². The third kappa shape index (κ3) is 5.03. The molecule has 5 rings (SSSR count). The zero-order valence-corrected chi connectivity index (χ0v) is 21.4. The van der Waals surface area contributed by atoms with Crippen molar-refractivity contribution < 1.29 is 4.92 Å². The molecular formula is C28H24N6O2S. The van der Waals surface area contributed by atoms with Crippen LogP contribution in [0.5, 0.6) is 0 Å². The van der Waals surface area contributed by atoms with Crippen LogP contribution in [0.15, 0.2) is 101 Å². The van der Waals surface area contributed by atoms with Gasteiger partial charge >= 0.3 is 0 Å². The Morgan fingerprint density at radius 1 is 1.00 bits per heavy atom. The van der Waals surface area contributed by atoms with Crippen LogP contribution in [0.4, 0.5) is 11.4 Å². The topological polar surface area (TPSA) is 90.6 Å². The Kier molecular flexibility index (Phi) is 6.61. The van der Waals surface area contributed by atoms with Gasteiger partial charge in [0.05, 0.1) is 28.3 Å². The summed E-state index contributed by atoms with van der Waals surface area (Å²) in [6.45, 7) is 6.04. The van der Waals surface area contributed by atoms with E-state index in [0.717, 1.165) is 45.0 Å². The molecule has 0 saturated carbocycles. The first-order valence-electron chi connectivity index (χ1n) is 11.6. The Hall–Kier alpha value is -4.63. The van der Waals surface area contributed by atoms with Crippen molar-refractivity contribution in [3.8, 4) is 16.9 Å². The molecular weight excluding hydrogens is 484 g/mol. The number of aromatic nitrogens is 3. The highest BCUT2D eigenvalue weighted by Gasteiger charge is 2.12. The van der Waals surface area contributed by atoms with E-state index in [0.29, 0.717) is 4.80 Å². The molecule has 0 atom stereocenters. The van der Waals surface area contributed by atoms with E-state index in [1.165, 1.54) is 23.5 Å². The molecule has 184 valence electrons. The van der Waals surface area contributed by atoms with E-state index in [1.807, 2.05) is 84.1 Å². The van der Waals surface area contributed by atoms with Crippen LogP contribution in [0.1, 0.15) is 23.6 Å². The lowest BCUT2D eigenvalue weighted by Crippen LogP contribution is -2.14. The molecule has 0 aliphatic rings. The second-order valence-electron chi connectivity index (χ2n) is 8.57. The number of nitro groups is 1. The molecule has 0 aliphatic carbocycles. The summed E-state index contributed by atoms with van der Waals surface area (Å²) in [5.74, 6) is 0. The van der Waals surface area contributed by atoms with Crippen LogP contribution < -0.4 is 4.80 Å². The molecule has 0 fully saturated rings. The number of imidazole rings is 1. The number of nitro benzene ring substituents is 1. The molecule has 3 aromatic carbocycles. The van der Waals surface area contributed by atoms with E-state index in [9.17, 15) is 10.1 Å². The van der Waals surface area contributed by atoms with Crippen molar-refractivity contribution in [2.45, 2.75) is 20.8 Å². The molecule has 2 heterocycles. The summed E-state index contributed by atoms with van der Waals surface area (Å²) in [6.07, 6.45) is 5.40. The fourth-order valence-electron chi connectivity index (χ4n) is 4.00. The number of aryl methyl sites for hydroxylation is 2. The number of para-hydroxylation sites is 1. The highest BCUT2D eigenvalue weighted by atomic mass is 32.1. The summed E-state index contributed by atoms with van der Waals surface area (Å²) in [4.78, 5) is 20.5. The third-order valence-electron chi connectivity index (χ3n) is 6.04. The molecule has 0 aliphatic heterocycles. The molecule has 0 unspecified atom stereocenters. The molecule has 0 saturated heterocycles. The van der Waals surface area contributed by atoms with Gasteiger partial charge in [0.15, 0.2) is 0 Å². The number of hydrogen-bond donors (Lipinski definition) is 0. The van der Waals surface area contributed by atoms with Crippen molar-refractivity contribution in [3.05, 3.63) is 122 Å². The van der Waals surface area contributed by atoms with Crippen molar-refractivity contribution in [2.75, 3.05) is 0 Å². The van der Waals surface area contributed by atoms with Gasteiger partial charge in [0.25, 0.3) is 5.69 Å². The highest BCUT2D eigenvalue weighted by molar-refractivity contribution is 7.07. The quantitative estimate of drug-likeness (QED) is 0.150. The van der Waals surface area contributed by atoms with Crippen molar-refractivity contribution >= 4 is 28.4 Å². The Labute approximate surface area is 217 Å². The number of hydrogen-bond acceptors (Lipinski definition) is 6. The first-order valence-corrected chi connectivity index (χ1v) is 12.5. The van der Waals surface area contributed by atoms with Crippen LogP contribution in [0.25, 0.3) is 16.9 Å². The van der Waals surface area contributed by atoms with Crippen LogP contribution in [-0.2, 0) is 0 Å². The minimum Gasteiger partial charge on any atom is -0.306 e. The summed E-state index contributed by atoms with van der Waals surface area (Å²) in [6, 6.07) is 20.7. The summed E-state index contributed by atoms with van der Waals surface area (Å²) in [7, 11) is 0. The molecule has 0 spiro atoms. The van der Waals surface area contributed by atoms with E-state index in [-0.39, 0.29) is 5.69 Å². The largest absolute Gasteiger partial charge is 0.306 e. The average Bonchev–Trinajstić information content (AvgIpc) is 3.57. The predicted octanol–water partition coefficient (Wildman–Crippen LogP) is 6.43. The lowest BCUT2D eigenvalue weighted by atomic mass is 10.1. The van der Waals surface area contributed by atoms with Gasteiger partial charge in [0.1, 0.15) is 0 Å². The third-order valence-corrected chi connectivity index (χ3v) is 6.86. The van der Waals surface area contributed by atoms with E-state index >= 15 is 0 Å². The fraction of sp³-hybridized carbons (Fsp3) is 0.107. The number of non-ortho nitro benzene ring substituents is 1.